The molecule has 0 aliphatic heterocycles. The van der Waals surface area contributed by atoms with Crippen molar-refractivity contribution in [3.05, 3.63) is 45.5 Å². The Morgan fingerprint density at radius 3 is 2.38 bits per heavy atom. The summed E-state index contributed by atoms with van der Waals surface area (Å²) < 4.78 is 26.1. The summed E-state index contributed by atoms with van der Waals surface area (Å²) in [6, 6.07) is 3.09. The standard InChI is InChI=1S/C11H13F2NO2/c1-7(11(2,3)14(15)16)9-5-4-8(12)6-10(9)13/h4-7H,1-3H3. The minimum Gasteiger partial charge on any atom is -0.264 e. The SMILES string of the molecule is CC(c1ccc(F)cc1F)C(C)(C)[N+](=O)[O-]. The monoisotopic (exact) mass is 229 g/mol. The van der Waals surface area contributed by atoms with Crippen molar-refractivity contribution in [1.82, 2.24) is 0 Å². The summed E-state index contributed by atoms with van der Waals surface area (Å²) in [6.07, 6.45) is 0. The number of halogens is 2. The maximum absolute atomic E-state index is 13.4. The van der Waals surface area contributed by atoms with Crippen LogP contribution in [0.4, 0.5) is 8.78 Å². The van der Waals surface area contributed by atoms with Gasteiger partial charge in [-0.25, -0.2) is 8.78 Å². The van der Waals surface area contributed by atoms with Crippen molar-refractivity contribution in [2.24, 2.45) is 0 Å². The van der Waals surface area contributed by atoms with Gasteiger partial charge in [0.2, 0.25) is 5.54 Å². The molecule has 0 heterocycles. The van der Waals surface area contributed by atoms with E-state index in [-0.39, 0.29) is 5.56 Å². The maximum atomic E-state index is 13.4. The van der Waals surface area contributed by atoms with Crippen LogP contribution >= 0.6 is 0 Å². The van der Waals surface area contributed by atoms with Crippen LogP contribution in [0, 0.1) is 21.7 Å². The predicted octanol–water partition coefficient (Wildman–Crippen LogP) is 3.12. The lowest BCUT2D eigenvalue weighted by Crippen LogP contribution is -2.37. The third kappa shape index (κ3) is 2.18. The summed E-state index contributed by atoms with van der Waals surface area (Å²) in [4.78, 5) is 10.4. The quantitative estimate of drug-likeness (QED) is 0.590. The summed E-state index contributed by atoms with van der Waals surface area (Å²) in [7, 11) is 0. The molecule has 1 aromatic rings. The highest BCUT2D eigenvalue weighted by Gasteiger charge is 2.39. The van der Waals surface area contributed by atoms with Crippen LogP contribution < -0.4 is 0 Å². The fraction of sp³-hybridized carbons (Fsp3) is 0.455. The third-order valence-corrected chi connectivity index (χ3v) is 2.96. The summed E-state index contributed by atoms with van der Waals surface area (Å²) in [5, 5.41) is 10.8. The van der Waals surface area contributed by atoms with Gasteiger partial charge in [-0.15, -0.1) is 0 Å². The van der Waals surface area contributed by atoms with Crippen LogP contribution in [0.5, 0.6) is 0 Å². The van der Waals surface area contributed by atoms with Crippen molar-refractivity contribution < 1.29 is 13.7 Å². The van der Waals surface area contributed by atoms with Crippen LogP contribution in [0.3, 0.4) is 0 Å². The number of hydrogen-bond acceptors (Lipinski definition) is 2. The first-order valence-corrected chi connectivity index (χ1v) is 4.86. The summed E-state index contributed by atoms with van der Waals surface area (Å²) in [5.41, 5.74) is -1.14. The van der Waals surface area contributed by atoms with Crippen molar-refractivity contribution in [3.63, 3.8) is 0 Å². The van der Waals surface area contributed by atoms with E-state index in [2.05, 4.69) is 0 Å². The number of rotatable bonds is 3. The topological polar surface area (TPSA) is 43.1 Å². The van der Waals surface area contributed by atoms with Crippen molar-refractivity contribution in [3.8, 4) is 0 Å². The zero-order chi connectivity index (χ0) is 12.5. The highest BCUT2D eigenvalue weighted by molar-refractivity contribution is 5.24. The van der Waals surface area contributed by atoms with Crippen LogP contribution in [-0.2, 0) is 0 Å². The lowest BCUT2D eigenvalue weighted by atomic mass is 9.84. The second-order valence-corrected chi connectivity index (χ2v) is 4.30. The highest BCUT2D eigenvalue weighted by atomic mass is 19.1. The summed E-state index contributed by atoms with van der Waals surface area (Å²) >= 11 is 0. The normalized spacial score (nSPS) is 13.6. The molecule has 0 spiro atoms. The van der Waals surface area contributed by atoms with Crippen molar-refractivity contribution >= 4 is 0 Å². The molecule has 5 heteroatoms. The Hall–Kier alpha value is -1.52. The molecular formula is C11H13F2NO2. The van der Waals surface area contributed by atoms with Gasteiger partial charge in [-0.3, -0.25) is 10.1 Å². The van der Waals surface area contributed by atoms with Gasteiger partial charge in [0, 0.05) is 24.8 Å². The van der Waals surface area contributed by atoms with Gasteiger partial charge in [0.15, 0.2) is 0 Å². The molecule has 0 fully saturated rings. The van der Waals surface area contributed by atoms with Gasteiger partial charge < -0.3 is 0 Å². The molecule has 1 atom stereocenters. The number of nitrogens with zero attached hydrogens (tertiary/aromatic N) is 1. The Morgan fingerprint density at radius 1 is 1.38 bits per heavy atom. The second kappa shape index (κ2) is 4.15. The molecule has 88 valence electrons. The Labute approximate surface area is 92.2 Å². The van der Waals surface area contributed by atoms with E-state index in [0.717, 1.165) is 12.1 Å². The molecule has 0 saturated heterocycles. The third-order valence-electron chi connectivity index (χ3n) is 2.96. The molecular weight excluding hydrogens is 216 g/mol. The number of hydrogen-bond donors (Lipinski definition) is 0. The lowest BCUT2D eigenvalue weighted by Gasteiger charge is -2.23. The van der Waals surface area contributed by atoms with Crippen LogP contribution in [0.15, 0.2) is 18.2 Å². The number of nitro groups is 1. The zero-order valence-electron chi connectivity index (χ0n) is 9.33. The molecule has 0 N–H and O–H groups in total. The molecule has 1 rings (SSSR count). The number of benzene rings is 1. The van der Waals surface area contributed by atoms with Gasteiger partial charge in [0.05, 0.1) is 5.92 Å². The molecule has 0 bridgehead atoms. The Kier molecular flexibility index (Phi) is 3.26. The first kappa shape index (κ1) is 12.5. The average Bonchev–Trinajstić information content (AvgIpc) is 2.16. The lowest BCUT2D eigenvalue weighted by molar-refractivity contribution is -0.564. The molecule has 0 aliphatic rings. The Balaban J connectivity index is 3.14. The first-order chi connectivity index (χ1) is 7.26. The van der Waals surface area contributed by atoms with E-state index < -0.39 is 28.0 Å². The molecule has 3 nitrogen and oxygen atoms in total. The van der Waals surface area contributed by atoms with E-state index in [1.165, 1.54) is 19.9 Å². The molecule has 0 radical (unpaired) electrons. The van der Waals surface area contributed by atoms with E-state index >= 15 is 0 Å². The van der Waals surface area contributed by atoms with Gasteiger partial charge >= 0.3 is 0 Å². The van der Waals surface area contributed by atoms with Crippen LogP contribution in [0.2, 0.25) is 0 Å². The van der Waals surface area contributed by atoms with E-state index in [0.29, 0.717) is 0 Å². The van der Waals surface area contributed by atoms with E-state index in [1.54, 1.807) is 6.92 Å². The summed E-state index contributed by atoms with van der Waals surface area (Å²) in [5.74, 6) is -2.07. The van der Waals surface area contributed by atoms with E-state index in [9.17, 15) is 18.9 Å². The van der Waals surface area contributed by atoms with Crippen LogP contribution in [-0.4, -0.2) is 10.5 Å². The predicted molar refractivity (Wildman–Crippen MR) is 55.8 cm³/mol. The molecule has 0 aliphatic carbocycles. The first-order valence-electron chi connectivity index (χ1n) is 4.86. The van der Waals surface area contributed by atoms with Crippen molar-refractivity contribution in [1.29, 1.82) is 0 Å². The minimum absolute atomic E-state index is 0.156. The van der Waals surface area contributed by atoms with Crippen molar-refractivity contribution in [2.45, 2.75) is 32.2 Å². The zero-order valence-corrected chi connectivity index (χ0v) is 9.33. The Bertz CT molecular complexity index is 418. The van der Waals surface area contributed by atoms with Gasteiger partial charge in [-0.1, -0.05) is 13.0 Å². The van der Waals surface area contributed by atoms with Crippen LogP contribution in [0.25, 0.3) is 0 Å². The largest absolute Gasteiger partial charge is 0.264 e. The highest BCUT2D eigenvalue weighted by Crippen LogP contribution is 2.31. The molecule has 0 amide bonds. The fourth-order valence-corrected chi connectivity index (χ4v) is 1.39. The average molecular weight is 229 g/mol. The molecule has 1 aromatic carbocycles. The van der Waals surface area contributed by atoms with Gasteiger partial charge in [-0.2, -0.15) is 0 Å². The molecule has 0 saturated carbocycles. The molecule has 1 unspecified atom stereocenters. The molecule has 16 heavy (non-hydrogen) atoms. The van der Waals surface area contributed by atoms with Crippen molar-refractivity contribution in [2.75, 3.05) is 0 Å². The van der Waals surface area contributed by atoms with E-state index in [4.69, 9.17) is 0 Å². The van der Waals surface area contributed by atoms with Crippen LogP contribution in [0.1, 0.15) is 32.3 Å². The minimum atomic E-state index is -1.29. The van der Waals surface area contributed by atoms with E-state index in [1.807, 2.05) is 0 Å². The smallest absolute Gasteiger partial charge is 0.223 e. The van der Waals surface area contributed by atoms with Gasteiger partial charge in [-0.05, 0) is 11.6 Å². The fourth-order valence-electron chi connectivity index (χ4n) is 1.39. The second-order valence-electron chi connectivity index (χ2n) is 4.30. The summed E-state index contributed by atoms with van der Waals surface area (Å²) in [6.45, 7) is 4.39. The van der Waals surface area contributed by atoms with Gasteiger partial charge in [0.25, 0.3) is 0 Å². The van der Waals surface area contributed by atoms with Gasteiger partial charge in [0.1, 0.15) is 11.6 Å². The Morgan fingerprint density at radius 2 is 1.94 bits per heavy atom. The molecule has 0 aromatic heterocycles. The maximum Gasteiger partial charge on any atom is 0.223 e.